The topological polar surface area (TPSA) is 113 Å². The van der Waals surface area contributed by atoms with Crippen LogP contribution in [0.5, 0.6) is 0 Å². The van der Waals surface area contributed by atoms with E-state index in [0.29, 0.717) is 17.1 Å². The number of rotatable bonds is 3. The number of hydrogen-bond acceptors (Lipinski definition) is 7. The van der Waals surface area contributed by atoms with Crippen molar-refractivity contribution in [3.63, 3.8) is 0 Å². The first-order chi connectivity index (χ1) is 14.3. The molecule has 0 saturated carbocycles. The van der Waals surface area contributed by atoms with E-state index in [1.807, 2.05) is 0 Å². The molecule has 156 valence electrons. The van der Waals surface area contributed by atoms with Gasteiger partial charge in [-0.15, -0.1) is 0 Å². The molecule has 3 heterocycles. The van der Waals surface area contributed by atoms with Crippen LogP contribution in [0.15, 0.2) is 46.8 Å². The van der Waals surface area contributed by atoms with Crippen LogP contribution in [-0.4, -0.2) is 70.5 Å². The number of piperazine rings is 1. The molecule has 1 aliphatic carbocycles. The number of halogens is 1. The van der Waals surface area contributed by atoms with Crippen LogP contribution in [0.2, 0.25) is 5.02 Å². The summed E-state index contributed by atoms with van der Waals surface area (Å²) in [6, 6.07) is 6.12. The molecule has 0 radical (unpaired) electrons. The standard InChI is InChI=1S/C21H20ClN3O5/c1-9-15(23)18(28)14-11(8-26)21(30-2)19-13(7-24(21)16(14)17(9)27)25(19)20(29)10-5-3-4-6-12(10)22/h3-6,11,13,19,26H,7-8,23H2,1-2H3. The number of carbonyl (C=O) groups is 3. The summed E-state index contributed by atoms with van der Waals surface area (Å²) in [5.74, 6) is -1.86. The molecular weight excluding hydrogens is 410 g/mol. The molecule has 4 atom stereocenters. The van der Waals surface area contributed by atoms with Crippen LogP contribution in [0.4, 0.5) is 0 Å². The monoisotopic (exact) mass is 429 g/mol. The third-order valence-electron chi connectivity index (χ3n) is 6.82. The predicted molar refractivity (Wildman–Crippen MR) is 106 cm³/mol. The van der Waals surface area contributed by atoms with Gasteiger partial charge >= 0.3 is 0 Å². The fraction of sp³-hybridized carbons (Fsp3) is 0.381. The third-order valence-corrected chi connectivity index (χ3v) is 7.15. The minimum Gasteiger partial charge on any atom is -0.396 e. The molecule has 8 nitrogen and oxygen atoms in total. The molecule has 2 saturated heterocycles. The number of fused-ring (bicyclic) bond motifs is 4. The Morgan fingerprint density at radius 3 is 2.67 bits per heavy atom. The van der Waals surface area contributed by atoms with Crippen LogP contribution in [0.1, 0.15) is 17.3 Å². The van der Waals surface area contributed by atoms with Crippen molar-refractivity contribution in [2.75, 3.05) is 20.3 Å². The highest BCUT2D eigenvalue weighted by Gasteiger charge is 2.77. The Morgan fingerprint density at radius 1 is 1.33 bits per heavy atom. The minimum absolute atomic E-state index is 0.110. The van der Waals surface area contributed by atoms with Crippen molar-refractivity contribution in [2.45, 2.75) is 24.7 Å². The molecular formula is C21H20ClN3O5. The number of nitrogens with two attached hydrogens (primary N) is 1. The first-order valence-corrected chi connectivity index (χ1v) is 9.99. The highest BCUT2D eigenvalue weighted by molar-refractivity contribution is 6.34. The smallest absolute Gasteiger partial charge is 0.256 e. The lowest BCUT2D eigenvalue weighted by Crippen LogP contribution is -2.55. The lowest BCUT2D eigenvalue weighted by atomic mass is 9.82. The molecule has 3 aliphatic heterocycles. The maximum Gasteiger partial charge on any atom is 0.256 e. The number of carbonyl (C=O) groups excluding carboxylic acids is 3. The van der Waals surface area contributed by atoms with Gasteiger partial charge in [0, 0.05) is 24.8 Å². The van der Waals surface area contributed by atoms with Crippen molar-refractivity contribution in [1.82, 2.24) is 9.80 Å². The number of hydrogen-bond donors (Lipinski definition) is 2. The summed E-state index contributed by atoms with van der Waals surface area (Å²) >= 11 is 6.21. The largest absolute Gasteiger partial charge is 0.396 e. The van der Waals surface area contributed by atoms with Crippen LogP contribution >= 0.6 is 11.6 Å². The van der Waals surface area contributed by atoms with Gasteiger partial charge in [-0.2, -0.15) is 0 Å². The van der Waals surface area contributed by atoms with E-state index in [1.54, 1.807) is 34.1 Å². The van der Waals surface area contributed by atoms with Crippen molar-refractivity contribution < 1.29 is 24.2 Å². The van der Waals surface area contributed by atoms with E-state index in [2.05, 4.69) is 0 Å². The lowest BCUT2D eigenvalue weighted by Gasteiger charge is -2.40. The van der Waals surface area contributed by atoms with Crippen molar-refractivity contribution in [2.24, 2.45) is 11.7 Å². The molecule has 4 aliphatic rings. The Bertz CT molecular complexity index is 1070. The van der Waals surface area contributed by atoms with Crippen molar-refractivity contribution in [1.29, 1.82) is 0 Å². The normalized spacial score (nSPS) is 31.9. The van der Waals surface area contributed by atoms with Crippen molar-refractivity contribution >= 4 is 29.1 Å². The number of aliphatic hydroxyl groups excluding tert-OH is 1. The summed E-state index contributed by atoms with van der Waals surface area (Å²) in [7, 11) is 1.46. The zero-order chi connectivity index (χ0) is 21.5. The molecule has 9 heteroatoms. The number of Topliss-reactive ketones (excluding diaryl/α,β-unsaturated/α-hetero) is 2. The zero-order valence-electron chi connectivity index (χ0n) is 16.4. The first kappa shape index (κ1) is 19.3. The van der Waals surface area contributed by atoms with E-state index >= 15 is 0 Å². The molecule has 0 spiro atoms. The lowest BCUT2D eigenvalue weighted by molar-refractivity contribution is -0.143. The Kier molecular flexibility index (Phi) is 3.96. The summed E-state index contributed by atoms with van der Waals surface area (Å²) < 4.78 is 5.92. The van der Waals surface area contributed by atoms with Gasteiger partial charge < -0.3 is 25.4 Å². The molecule has 5 rings (SSSR count). The van der Waals surface area contributed by atoms with E-state index in [0.717, 1.165) is 0 Å². The van der Waals surface area contributed by atoms with E-state index in [-0.39, 0.29) is 40.3 Å². The number of nitrogens with zero attached hydrogens (tertiary/aromatic N) is 2. The van der Waals surface area contributed by atoms with Crippen LogP contribution in [0.3, 0.4) is 0 Å². The van der Waals surface area contributed by atoms with Crippen LogP contribution in [0, 0.1) is 5.92 Å². The van der Waals surface area contributed by atoms with Crippen molar-refractivity contribution in [3.8, 4) is 0 Å². The predicted octanol–water partition coefficient (Wildman–Crippen LogP) is 0.452. The third kappa shape index (κ3) is 2.06. The minimum atomic E-state index is -1.21. The van der Waals surface area contributed by atoms with E-state index < -0.39 is 30.1 Å². The van der Waals surface area contributed by atoms with Gasteiger partial charge in [0.25, 0.3) is 5.91 Å². The van der Waals surface area contributed by atoms with E-state index in [1.165, 1.54) is 14.0 Å². The number of aliphatic hydroxyl groups is 1. The van der Waals surface area contributed by atoms with Gasteiger partial charge in [0.15, 0.2) is 5.72 Å². The van der Waals surface area contributed by atoms with Gasteiger partial charge in [-0.05, 0) is 19.1 Å². The van der Waals surface area contributed by atoms with Gasteiger partial charge in [0.05, 0.1) is 40.5 Å². The number of benzene rings is 1. The SMILES string of the molecule is COC12C(CO)C3=C(C(=O)C(C)=C(N)C3=O)N1CC1C2N1C(=O)c1ccccc1Cl. The summed E-state index contributed by atoms with van der Waals surface area (Å²) in [4.78, 5) is 42.5. The fourth-order valence-corrected chi connectivity index (χ4v) is 5.60. The molecule has 1 aromatic carbocycles. The second-order valence-corrected chi connectivity index (χ2v) is 8.37. The number of amides is 1. The van der Waals surface area contributed by atoms with E-state index in [4.69, 9.17) is 22.1 Å². The Labute approximate surface area is 177 Å². The first-order valence-electron chi connectivity index (χ1n) is 9.62. The van der Waals surface area contributed by atoms with Crippen LogP contribution in [-0.2, 0) is 14.3 Å². The summed E-state index contributed by atoms with van der Waals surface area (Å²) in [6.07, 6.45) is 0. The summed E-state index contributed by atoms with van der Waals surface area (Å²) in [6.45, 7) is 1.41. The molecule has 1 amide bonds. The maximum absolute atomic E-state index is 13.2. The van der Waals surface area contributed by atoms with Gasteiger partial charge in [0.2, 0.25) is 11.6 Å². The second-order valence-electron chi connectivity index (χ2n) is 7.97. The number of ether oxygens (including phenoxy) is 1. The number of methoxy groups -OCH3 is 1. The Hall–Kier alpha value is -2.68. The summed E-state index contributed by atoms with van der Waals surface area (Å²) in [5, 5.41) is 10.6. The molecule has 3 N–H and O–H groups in total. The molecule has 0 aromatic heterocycles. The van der Waals surface area contributed by atoms with Gasteiger partial charge in [-0.1, -0.05) is 23.7 Å². The number of allylic oxidation sites excluding steroid dienone is 2. The molecule has 0 bridgehead atoms. The summed E-state index contributed by atoms with van der Waals surface area (Å²) in [5.41, 5.74) is 5.52. The average molecular weight is 430 g/mol. The quantitative estimate of drug-likeness (QED) is 0.530. The van der Waals surface area contributed by atoms with Crippen molar-refractivity contribution in [3.05, 3.63) is 57.4 Å². The Balaban J connectivity index is 1.56. The average Bonchev–Trinajstić information content (AvgIpc) is 3.24. The molecule has 30 heavy (non-hydrogen) atoms. The highest BCUT2D eigenvalue weighted by atomic mass is 35.5. The fourth-order valence-electron chi connectivity index (χ4n) is 5.38. The number of ketones is 2. The van der Waals surface area contributed by atoms with Gasteiger partial charge in [-0.3, -0.25) is 14.4 Å². The molecule has 4 unspecified atom stereocenters. The van der Waals surface area contributed by atoms with Crippen LogP contribution < -0.4 is 5.73 Å². The van der Waals surface area contributed by atoms with Crippen LogP contribution in [0.25, 0.3) is 0 Å². The van der Waals surface area contributed by atoms with E-state index in [9.17, 15) is 19.5 Å². The zero-order valence-corrected chi connectivity index (χ0v) is 17.1. The maximum atomic E-state index is 13.2. The molecule has 1 aromatic rings. The second kappa shape index (κ2) is 6.16. The van der Waals surface area contributed by atoms with Gasteiger partial charge in [0.1, 0.15) is 6.04 Å². The molecule has 2 fully saturated rings. The highest BCUT2D eigenvalue weighted by Crippen LogP contribution is 2.59. The Morgan fingerprint density at radius 2 is 2.03 bits per heavy atom. The van der Waals surface area contributed by atoms with Gasteiger partial charge in [-0.25, -0.2) is 0 Å².